The zero-order valence-electron chi connectivity index (χ0n) is 30.1. The number of ketones is 1. The van der Waals surface area contributed by atoms with Crippen molar-refractivity contribution in [1.82, 2.24) is 0 Å². The lowest BCUT2D eigenvalue weighted by Crippen LogP contribution is -2.68. The maximum Gasteiger partial charge on any atom is 0.338 e. The van der Waals surface area contributed by atoms with Gasteiger partial charge in [-0.1, -0.05) is 25.1 Å². The molecule has 0 aromatic heterocycles. The Labute approximate surface area is 295 Å². The molecule has 2 saturated carbocycles. The summed E-state index contributed by atoms with van der Waals surface area (Å²) < 4.78 is 36.2. The van der Waals surface area contributed by atoms with Crippen molar-refractivity contribution in [2.75, 3.05) is 0 Å². The van der Waals surface area contributed by atoms with E-state index in [1.807, 2.05) is 0 Å². The van der Waals surface area contributed by atoms with Gasteiger partial charge in [-0.3, -0.25) is 28.8 Å². The van der Waals surface area contributed by atoms with Gasteiger partial charge in [0.1, 0.15) is 23.9 Å². The van der Waals surface area contributed by atoms with Crippen LogP contribution < -0.4 is 0 Å². The van der Waals surface area contributed by atoms with Crippen molar-refractivity contribution in [2.24, 2.45) is 22.7 Å². The van der Waals surface area contributed by atoms with Crippen molar-refractivity contribution >= 4 is 41.6 Å². The molecule has 0 heterocycles. The molecule has 2 bridgehead atoms. The van der Waals surface area contributed by atoms with Crippen LogP contribution in [0.2, 0.25) is 0 Å². The predicted octanol–water partition coefficient (Wildman–Crippen LogP) is 2.96. The van der Waals surface area contributed by atoms with E-state index in [0.717, 1.165) is 34.6 Å². The van der Waals surface area contributed by atoms with Gasteiger partial charge in [0.25, 0.3) is 0 Å². The van der Waals surface area contributed by atoms with Gasteiger partial charge in [0.05, 0.1) is 22.3 Å². The molecule has 1 aromatic rings. The molecule has 0 radical (unpaired) electrons. The Morgan fingerprint density at radius 3 is 1.82 bits per heavy atom. The minimum absolute atomic E-state index is 0.0119. The first-order chi connectivity index (χ1) is 23.6. The van der Waals surface area contributed by atoms with Crippen LogP contribution in [0, 0.1) is 22.7 Å². The van der Waals surface area contributed by atoms with Gasteiger partial charge in [0.2, 0.25) is 0 Å². The highest BCUT2D eigenvalue weighted by atomic mass is 16.6. The van der Waals surface area contributed by atoms with Crippen molar-refractivity contribution in [2.45, 2.75) is 117 Å². The molecular formula is C37H44O14. The van der Waals surface area contributed by atoms with Crippen LogP contribution in [-0.4, -0.2) is 88.4 Å². The van der Waals surface area contributed by atoms with Gasteiger partial charge in [-0.05, 0) is 50.8 Å². The molecule has 0 spiro atoms. The number of ether oxygens (including phenoxy) is 6. The number of Topliss-reactive ketones (excluding diaryl/α,β-unsaturated/α-hetero) is 1. The van der Waals surface area contributed by atoms with E-state index >= 15 is 0 Å². The third kappa shape index (κ3) is 5.90. The number of aliphatic hydroxyl groups is 1. The molecule has 5 rings (SSSR count). The molecule has 4 aliphatic rings. The summed E-state index contributed by atoms with van der Waals surface area (Å²) in [5, 5.41) is 13.2. The van der Waals surface area contributed by atoms with Gasteiger partial charge in [0.15, 0.2) is 23.6 Å². The quantitative estimate of drug-likeness (QED) is 0.320. The number of rotatable bonds is 7. The summed E-state index contributed by atoms with van der Waals surface area (Å²) in [6, 6.07) is 8.01. The highest BCUT2D eigenvalue weighted by molar-refractivity contribution is 6.05. The number of hydrogen-bond donors (Lipinski definition) is 1. The Hall–Kier alpha value is -4.59. The lowest BCUT2D eigenvalue weighted by molar-refractivity contribution is -0.239. The summed E-state index contributed by atoms with van der Waals surface area (Å²) in [5.41, 5.74) is -7.79. The van der Waals surface area contributed by atoms with Gasteiger partial charge < -0.3 is 33.5 Å². The Balaban J connectivity index is 1.92. The van der Waals surface area contributed by atoms with Gasteiger partial charge in [0, 0.05) is 46.6 Å². The third-order valence-corrected chi connectivity index (χ3v) is 10.8. The Kier molecular flexibility index (Phi) is 9.51. The van der Waals surface area contributed by atoms with Crippen LogP contribution in [0.5, 0.6) is 0 Å². The number of fused-ring (bicyclic) bond motifs is 4. The first-order valence-corrected chi connectivity index (χ1v) is 16.8. The second-order valence-electron chi connectivity index (χ2n) is 14.9. The van der Waals surface area contributed by atoms with Crippen LogP contribution in [0.4, 0.5) is 0 Å². The molecule has 2 fully saturated rings. The van der Waals surface area contributed by atoms with E-state index in [-0.39, 0.29) is 23.1 Å². The van der Waals surface area contributed by atoms with Crippen molar-refractivity contribution in [3.8, 4) is 0 Å². The highest BCUT2D eigenvalue weighted by Gasteiger charge is 2.81. The predicted molar refractivity (Wildman–Crippen MR) is 173 cm³/mol. The lowest BCUT2D eigenvalue weighted by atomic mass is 9.58. The van der Waals surface area contributed by atoms with E-state index in [1.54, 1.807) is 39.0 Å². The van der Waals surface area contributed by atoms with Gasteiger partial charge >= 0.3 is 35.8 Å². The summed E-state index contributed by atoms with van der Waals surface area (Å²) in [6.45, 7) is 11.7. The maximum absolute atomic E-state index is 14.5. The van der Waals surface area contributed by atoms with E-state index in [2.05, 4.69) is 0 Å². The maximum atomic E-state index is 14.5. The van der Waals surface area contributed by atoms with Crippen LogP contribution in [0.3, 0.4) is 0 Å². The van der Waals surface area contributed by atoms with Crippen LogP contribution >= 0.6 is 0 Å². The summed E-state index contributed by atoms with van der Waals surface area (Å²) in [4.78, 5) is 93.2. The number of carbonyl (C=O) groups is 7. The standard InChI is InChI=1S/C37H44O14/c1-17-15-36(45)26(27(17)50-31(44)23-13-11-10-12-14-23)30(47-19(3)39)37(51-22(6)42)16-24-25(29(46-18(2)38)34(7,8)28(24)43)35(9,32(36)48-20(4)40)33(37)49-21(5)41/h10-14,17,26-27,29-30,32-33,45H,15-16H2,1-9H3/t17-,26+,27-,29-,30+,32+,33?,35+,36+,37+/m0/s1. The second kappa shape index (κ2) is 12.9. The Bertz CT molecular complexity index is 1710. The van der Waals surface area contributed by atoms with E-state index in [9.17, 15) is 38.7 Å². The highest BCUT2D eigenvalue weighted by Crippen LogP contribution is 2.67. The average Bonchev–Trinajstić information content (AvgIpc) is 3.36. The molecule has 51 heavy (non-hydrogen) atoms. The molecule has 0 saturated heterocycles. The second-order valence-corrected chi connectivity index (χ2v) is 14.9. The average molecular weight is 713 g/mol. The number of esters is 6. The SMILES string of the molecule is CC(=O)OC1[C@@]2(OC(C)=O)CC3=C([C@H](OC(C)=O)C(C)(C)C3=O)[C@]1(C)[C@@H](OC(C)=O)[C@@]1(O)C[C@H](C)[C@H](OC(=O)c3ccccc3)[C@@H]1[C@H]2OC(C)=O. The van der Waals surface area contributed by atoms with Crippen molar-refractivity contribution < 1.29 is 67.1 Å². The third-order valence-electron chi connectivity index (χ3n) is 10.8. The first kappa shape index (κ1) is 37.7. The number of carbonyl (C=O) groups excluding carboxylic acids is 7. The van der Waals surface area contributed by atoms with Crippen molar-refractivity contribution in [1.29, 1.82) is 0 Å². The minimum Gasteiger partial charge on any atom is -0.458 e. The summed E-state index contributed by atoms with van der Waals surface area (Å²) in [7, 11) is 0. The molecule has 276 valence electrons. The number of hydrogen-bond acceptors (Lipinski definition) is 14. The summed E-state index contributed by atoms with van der Waals surface area (Å²) in [6.07, 6.45) is -8.67. The van der Waals surface area contributed by atoms with Crippen molar-refractivity contribution in [3.05, 3.63) is 47.0 Å². The zero-order chi connectivity index (χ0) is 38.0. The van der Waals surface area contributed by atoms with Crippen molar-refractivity contribution in [3.63, 3.8) is 0 Å². The van der Waals surface area contributed by atoms with Crippen LogP contribution in [0.15, 0.2) is 41.5 Å². The molecule has 0 aliphatic heterocycles. The Morgan fingerprint density at radius 1 is 0.745 bits per heavy atom. The fourth-order valence-corrected chi connectivity index (χ4v) is 9.30. The number of benzene rings is 1. The molecule has 1 aromatic carbocycles. The minimum atomic E-state index is -2.29. The molecule has 14 heteroatoms. The van der Waals surface area contributed by atoms with Crippen LogP contribution in [-0.2, 0) is 57.2 Å². The topological polar surface area (TPSA) is 195 Å². The molecule has 0 amide bonds. The van der Waals surface area contributed by atoms with E-state index in [1.165, 1.54) is 19.1 Å². The Morgan fingerprint density at radius 2 is 1.29 bits per heavy atom. The fraction of sp³-hybridized carbons (Fsp3) is 0.595. The summed E-state index contributed by atoms with van der Waals surface area (Å²) in [5.74, 6) is -7.93. The first-order valence-electron chi connectivity index (χ1n) is 16.8. The monoisotopic (exact) mass is 712 g/mol. The van der Waals surface area contributed by atoms with Gasteiger partial charge in [-0.15, -0.1) is 0 Å². The molecule has 10 atom stereocenters. The zero-order valence-corrected chi connectivity index (χ0v) is 30.1. The largest absolute Gasteiger partial charge is 0.458 e. The molecule has 1 N–H and O–H groups in total. The van der Waals surface area contributed by atoms with E-state index in [4.69, 9.17) is 28.4 Å². The molecular weight excluding hydrogens is 668 g/mol. The van der Waals surface area contributed by atoms with Crippen LogP contribution in [0.1, 0.15) is 85.5 Å². The fourth-order valence-electron chi connectivity index (χ4n) is 9.30. The normalized spacial score (nSPS) is 36.1. The summed E-state index contributed by atoms with van der Waals surface area (Å²) >= 11 is 0. The molecule has 14 nitrogen and oxygen atoms in total. The van der Waals surface area contributed by atoms with Crippen LogP contribution in [0.25, 0.3) is 0 Å². The molecule has 1 unspecified atom stereocenters. The van der Waals surface area contributed by atoms with E-state index in [0.29, 0.717) is 0 Å². The molecule has 4 aliphatic carbocycles. The van der Waals surface area contributed by atoms with Gasteiger partial charge in [-0.2, -0.15) is 0 Å². The smallest absolute Gasteiger partial charge is 0.338 e. The van der Waals surface area contributed by atoms with E-state index < -0.39 is 112 Å². The van der Waals surface area contributed by atoms with Gasteiger partial charge in [-0.25, -0.2) is 4.79 Å². The lowest BCUT2D eigenvalue weighted by Gasteiger charge is -2.54.